The predicted molar refractivity (Wildman–Crippen MR) is 164 cm³/mol. The summed E-state index contributed by atoms with van der Waals surface area (Å²) < 4.78 is 44.8. The highest BCUT2D eigenvalue weighted by Gasteiger charge is 2.35. The molecule has 3 atom stereocenters. The summed E-state index contributed by atoms with van der Waals surface area (Å²) in [6, 6.07) is 14.4. The van der Waals surface area contributed by atoms with Crippen LogP contribution in [-0.2, 0) is 10.0 Å². The van der Waals surface area contributed by atoms with Crippen molar-refractivity contribution < 1.29 is 37.3 Å². The average Bonchev–Trinajstić information content (AvgIpc) is 3.47. The Morgan fingerprint density at radius 2 is 1.68 bits per heavy atom. The Balaban J connectivity index is 1.38. The van der Waals surface area contributed by atoms with Crippen molar-refractivity contribution in [2.24, 2.45) is 5.92 Å². The number of nitrogens with one attached hydrogen (secondary N) is 2. The lowest BCUT2D eigenvalue weighted by Gasteiger charge is -2.38. The van der Waals surface area contributed by atoms with Crippen LogP contribution in [0.4, 0.5) is 16.2 Å². The number of amides is 3. The molecule has 0 saturated heterocycles. The van der Waals surface area contributed by atoms with Crippen LogP contribution in [0.25, 0.3) is 0 Å². The first-order valence-corrected chi connectivity index (χ1v) is 15.7. The molecule has 234 valence electrons. The van der Waals surface area contributed by atoms with Crippen molar-refractivity contribution >= 4 is 44.9 Å². The lowest BCUT2D eigenvalue weighted by Crippen LogP contribution is -2.50. The Morgan fingerprint density at radius 1 is 1.05 bits per heavy atom. The van der Waals surface area contributed by atoms with Gasteiger partial charge in [0.05, 0.1) is 29.7 Å². The highest BCUT2D eigenvalue weighted by atomic mass is 35.5. The SMILES string of the molecule is C[C@H]1CN([C@@H](C)CO)C(=O)c2cc(NC(=O)Nc3ccc4c(c3)OCO4)ccc2O[C@@H]1CN(C)S(=O)(=O)c1ccc(Cl)cc1. The minimum Gasteiger partial charge on any atom is -0.488 e. The normalized spacial score (nSPS) is 18.6. The van der Waals surface area contributed by atoms with E-state index < -0.39 is 34.1 Å². The zero-order valence-electron chi connectivity index (χ0n) is 24.3. The van der Waals surface area contributed by atoms with E-state index in [0.717, 1.165) is 0 Å². The van der Waals surface area contributed by atoms with Crippen LogP contribution >= 0.6 is 11.6 Å². The first-order chi connectivity index (χ1) is 21.0. The van der Waals surface area contributed by atoms with Gasteiger partial charge >= 0.3 is 6.03 Å². The van der Waals surface area contributed by atoms with Gasteiger partial charge in [0.25, 0.3) is 5.91 Å². The van der Waals surface area contributed by atoms with E-state index in [4.69, 9.17) is 25.8 Å². The second kappa shape index (κ2) is 12.9. The molecule has 0 bridgehead atoms. The van der Waals surface area contributed by atoms with Gasteiger partial charge in [-0.3, -0.25) is 4.79 Å². The number of hydrogen-bond donors (Lipinski definition) is 3. The predicted octanol–water partition coefficient (Wildman–Crippen LogP) is 4.25. The lowest BCUT2D eigenvalue weighted by atomic mass is 9.99. The van der Waals surface area contributed by atoms with Gasteiger partial charge in [-0.2, -0.15) is 4.31 Å². The van der Waals surface area contributed by atoms with Crippen LogP contribution in [-0.4, -0.2) is 80.4 Å². The van der Waals surface area contributed by atoms with E-state index >= 15 is 0 Å². The number of carbonyl (C=O) groups excluding carboxylic acids is 2. The number of aliphatic hydroxyl groups excluding tert-OH is 1. The smallest absolute Gasteiger partial charge is 0.323 e. The van der Waals surface area contributed by atoms with Crippen LogP contribution in [0.3, 0.4) is 0 Å². The fourth-order valence-corrected chi connectivity index (χ4v) is 6.23. The molecule has 5 rings (SSSR count). The third kappa shape index (κ3) is 6.70. The summed E-state index contributed by atoms with van der Waals surface area (Å²) in [5.41, 5.74) is 0.962. The summed E-state index contributed by atoms with van der Waals surface area (Å²) >= 11 is 5.94. The van der Waals surface area contributed by atoms with Gasteiger partial charge in [0.2, 0.25) is 16.8 Å². The maximum absolute atomic E-state index is 13.7. The van der Waals surface area contributed by atoms with Gasteiger partial charge in [-0.25, -0.2) is 13.2 Å². The summed E-state index contributed by atoms with van der Waals surface area (Å²) in [5.74, 6) is 0.614. The molecule has 0 aromatic heterocycles. The van der Waals surface area contributed by atoms with Crippen molar-refractivity contribution in [1.29, 1.82) is 0 Å². The van der Waals surface area contributed by atoms with Gasteiger partial charge in [-0.15, -0.1) is 0 Å². The number of anilines is 2. The second-order valence-corrected chi connectivity index (χ2v) is 13.2. The van der Waals surface area contributed by atoms with Crippen LogP contribution < -0.4 is 24.8 Å². The van der Waals surface area contributed by atoms with Crippen molar-refractivity contribution in [3.8, 4) is 17.2 Å². The summed E-state index contributed by atoms with van der Waals surface area (Å²) in [5, 5.41) is 15.8. The Morgan fingerprint density at radius 3 is 2.36 bits per heavy atom. The molecule has 0 spiro atoms. The van der Waals surface area contributed by atoms with Crippen molar-refractivity contribution in [3.63, 3.8) is 0 Å². The summed E-state index contributed by atoms with van der Waals surface area (Å²) in [4.78, 5) is 28.2. The number of hydrogen-bond acceptors (Lipinski definition) is 8. The van der Waals surface area contributed by atoms with E-state index in [-0.39, 0.29) is 48.6 Å². The summed E-state index contributed by atoms with van der Waals surface area (Å²) in [6.07, 6.45) is -0.657. The molecule has 2 aliphatic rings. The van der Waals surface area contributed by atoms with E-state index in [1.54, 1.807) is 37.3 Å². The lowest BCUT2D eigenvalue weighted by molar-refractivity contribution is 0.0387. The molecule has 3 aromatic carbocycles. The number of sulfonamides is 1. The van der Waals surface area contributed by atoms with Gasteiger partial charge in [0.1, 0.15) is 11.9 Å². The maximum atomic E-state index is 13.7. The minimum atomic E-state index is -3.87. The zero-order chi connectivity index (χ0) is 31.6. The molecular formula is C30H33ClN4O8S. The number of benzene rings is 3. The maximum Gasteiger partial charge on any atom is 0.323 e. The van der Waals surface area contributed by atoms with Gasteiger partial charge in [0.15, 0.2) is 11.5 Å². The molecule has 14 heteroatoms. The van der Waals surface area contributed by atoms with Crippen LogP contribution in [0.5, 0.6) is 17.2 Å². The number of likely N-dealkylation sites (N-methyl/N-ethyl adjacent to an activating group) is 1. The molecule has 0 saturated carbocycles. The topological polar surface area (TPSA) is 147 Å². The van der Waals surface area contributed by atoms with Crippen LogP contribution in [0.2, 0.25) is 5.02 Å². The zero-order valence-corrected chi connectivity index (χ0v) is 25.9. The minimum absolute atomic E-state index is 0.0148. The Hall–Kier alpha value is -4.04. The van der Waals surface area contributed by atoms with Gasteiger partial charge in [-0.05, 0) is 61.5 Å². The number of ether oxygens (including phenoxy) is 3. The molecule has 3 amide bonds. The van der Waals surface area contributed by atoms with E-state index in [1.165, 1.54) is 46.6 Å². The van der Waals surface area contributed by atoms with Gasteiger partial charge in [-0.1, -0.05) is 18.5 Å². The number of halogens is 1. The van der Waals surface area contributed by atoms with Gasteiger partial charge in [0, 0.05) is 42.0 Å². The molecule has 0 unspecified atom stereocenters. The molecule has 3 N–H and O–H groups in total. The number of carbonyl (C=O) groups is 2. The van der Waals surface area contributed by atoms with Crippen molar-refractivity contribution in [2.45, 2.75) is 30.9 Å². The standard InChI is InChI=1S/C30H33ClN4O8S/c1-18-14-35(19(2)16-36)29(37)24-12-21(32-30(38)33-22-7-11-26-27(13-22)42-17-41-26)6-10-25(24)43-28(18)15-34(3)44(39,40)23-8-4-20(31)5-9-23/h4-13,18-19,28,36H,14-17H2,1-3H3,(H2,32,33,38)/t18-,19-,28+/m0/s1. The molecule has 3 aromatic rings. The number of nitrogens with zero attached hydrogens (tertiary/aromatic N) is 2. The highest BCUT2D eigenvalue weighted by Crippen LogP contribution is 2.35. The number of aliphatic hydroxyl groups is 1. The van der Waals surface area contributed by atoms with Gasteiger partial charge < -0.3 is 34.9 Å². The Kier molecular flexibility index (Phi) is 9.20. The fraction of sp³-hybridized carbons (Fsp3) is 0.333. The molecule has 12 nitrogen and oxygen atoms in total. The van der Waals surface area contributed by atoms with E-state index in [9.17, 15) is 23.1 Å². The first-order valence-electron chi connectivity index (χ1n) is 13.9. The Labute approximate surface area is 260 Å². The highest BCUT2D eigenvalue weighted by molar-refractivity contribution is 7.89. The molecule has 0 aliphatic carbocycles. The molecule has 2 heterocycles. The van der Waals surface area contributed by atoms with E-state index in [2.05, 4.69) is 10.6 Å². The molecule has 44 heavy (non-hydrogen) atoms. The van der Waals surface area contributed by atoms with Crippen molar-refractivity contribution in [1.82, 2.24) is 9.21 Å². The Bertz CT molecular complexity index is 1650. The number of urea groups is 1. The van der Waals surface area contributed by atoms with Crippen LogP contribution in [0, 0.1) is 5.92 Å². The monoisotopic (exact) mass is 644 g/mol. The summed E-state index contributed by atoms with van der Waals surface area (Å²) in [7, 11) is -2.40. The molecule has 0 fully saturated rings. The number of rotatable bonds is 8. The second-order valence-electron chi connectivity index (χ2n) is 10.7. The van der Waals surface area contributed by atoms with Crippen LogP contribution in [0.1, 0.15) is 24.2 Å². The van der Waals surface area contributed by atoms with E-state index in [1.807, 2.05) is 6.92 Å². The quantitative estimate of drug-likeness (QED) is 0.330. The fourth-order valence-electron chi connectivity index (χ4n) is 4.92. The average molecular weight is 645 g/mol. The van der Waals surface area contributed by atoms with Crippen molar-refractivity contribution in [2.75, 3.05) is 44.2 Å². The molecule has 0 radical (unpaired) electrons. The summed E-state index contributed by atoms with van der Waals surface area (Å²) in [6.45, 7) is 3.59. The molecular weight excluding hydrogens is 612 g/mol. The third-order valence-corrected chi connectivity index (χ3v) is 9.60. The first kappa shape index (κ1) is 31.4. The van der Waals surface area contributed by atoms with Crippen LogP contribution in [0.15, 0.2) is 65.6 Å². The number of fused-ring (bicyclic) bond motifs is 2. The molecule has 2 aliphatic heterocycles. The third-order valence-electron chi connectivity index (χ3n) is 7.51. The van der Waals surface area contributed by atoms with E-state index in [0.29, 0.717) is 27.9 Å². The largest absolute Gasteiger partial charge is 0.488 e. The van der Waals surface area contributed by atoms with Crippen molar-refractivity contribution in [3.05, 3.63) is 71.2 Å².